The molecule has 0 saturated carbocycles. The van der Waals surface area contributed by atoms with E-state index in [1.54, 1.807) is 29.9 Å². The predicted molar refractivity (Wildman–Crippen MR) is 58.6 cm³/mol. The fourth-order valence-electron chi connectivity index (χ4n) is 0.976. The van der Waals surface area contributed by atoms with Crippen LogP contribution in [0.2, 0.25) is 0 Å². The van der Waals surface area contributed by atoms with Crippen LogP contribution in [0.1, 0.15) is 17.4 Å². The van der Waals surface area contributed by atoms with E-state index in [1.165, 1.54) is 0 Å². The molecule has 5 heteroatoms. The Balaban J connectivity index is 3.01. The van der Waals surface area contributed by atoms with Gasteiger partial charge in [0.1, 0.15) is 5.69 Å². The molecular formula is C8H12IN3O. The average molecular weight is 293 g/mol. The summed E-state index contributed by atoms with van der Waals surface area (Å²) in [4.78, 5) is 13.4. The van der Waals surface area contributed by atoms with E-state index in [9.17, 15) is 4.79 Å². The van der Waals surface area contributed by atoms with Gasteiger partial charge in [-0.3, -0.25) is 9.48 Å². The number of halogens is 1. The third-order valence-electron chi connectivity index (χ3n) is 1.92. The number of carbonyl (C=O) groups is 1. The minimum Gasteiger partial charge on any atom is -0.341 e. The zero-order chi connectivity index (χ0) is 10.0. The van der Waals surface area contributed by atoms with Crippen LogP contribution in [0.15, 0.2) is 6.20 Å². The maximum absolute atomic E-state index is 11.7. The van der Waals surface area contributed by atoms with Gasteiger partial charge in [0.05, 0.1) is 9.77 Å². The van der Waals surface area contributed by atoms with Crippen LogP contribution in [0.3, 0.4) is 0 Å². The summed E-state index contributed by atoms with van der Waals surface area (Å²) in [6.07, 6.45) is 1.69. The molecule has 0 unspecified atom stereocenters. The number of hydrogen-bond acceptors (Lipinski definition) is 2. The minimum absolute atomic E-state index is 0.0203. The Hall–Kier alpha value is -0.590. The molecule has 0 aliphatic carbocycles. The molecule has 0 aromatic carbocycles. The van der Waals surface area contributed by atoms with Gasteiger partial charge in [0.15, 0.2) is 0 Å². The van der Waals surface area contributed by atoms with Crippen LogP contribution < -0.4 is 0 Å². The zero-order valence-corrected chi connectivity index (χ0v) is 10.1. The van der Waals surface area contributed by atoms with E-state index in [0.717, 1.165) is 3.57 Å². The normalized spacial score (nSPS) is 10.2. The maximum Gasteiger partial charge on any atom is 0.272 e. The summed E-state index contributed by atoms with van der Waals surface area (Å²) in [7, 11) is 3.56. The smallest absolute Gasteiger partial charge is 0.272 e. The van der Waals surface area contributed by atoms with Crippen molar-refractivity contribution in [2.45, 2.75) is 6.92 Å². The summed E-state index contributed by atoms with van der Waals surface area (Å²) < 4.78 is 2.50. The second-order valence-electron chi connectivity index (χ2n) is 2.78. The van der Waals surface area contributed by atoms with Gasteiger partial charge in [-0.05, 0) is 29.5 Å². The number of hydrogen-bond donors (Lipinski definition) is 0. The molecule has 1 amide bonds. The first-order chi connectivity index (χ1) is 6.07. The van der Waals surface area contributed by atoms with Crippen LogP contribution in [-0.4, -0.2) is 34.2 Å². The van der Waals surface area contributed by atoms with Crippen LogP contribution >= 0.6 is 22.6 Å². The Kier molecular flexibility index (Phi) is 3.29. The van der Waals surface area contributed by atoms with E-state index in [0.29, 0.717) is 12.2 Å². The van der Waals surface area contributed by atoms with Crippen LogP contribution in [0, 0.1) is 3.57 Å². The SMILES string of the molecule is CCN(C)C(=O)c1c(I)cnn1C. The Morgan fingerprint density at radius 1 is 1.77 bits per heavy atom. The molecule has 4 nitrogen and oxygen atoms in total. The molecule has 0 aliphatic heterocycles. The highest BCUT2D eigenvalue weighted by atomic mass is 127. The van der Waals surface area contributed by atoms with Crippen molar-refractivity contribution in [2.75, 3.05) is 13.6 Å². The first-order valence-corrected chi connectivity index (χ1v) is 5.08. The molecule has 0 spiro atoms. The lowest BCUT2D eigenvalue weighted by molar-refractivity contribution is 0.0790. The van der Waals surface area contributed by atoms with Crippen molar-refractivity contribution in [2.24, 2.45) is 7.05 Å². The highest BCUT2D eigenvalue weighted by Gasteiger charge is 2.17. The van der Waals surface area contributed by atoms with Gasteiger partial charge in [0.2, 0.25) is 0 Å². The van der Waals surface area contributed by atoms with Crippen molar-refractivity contribution in [3.8, 4) is 0 Å². The van der Waals surface area contributed by atoms with Gasteiger partial charge < -0.3 is 4.90 Å². The fraction of sp³-hybridized carbons (Fsp3) is 0.500. The van der Waals surface area contributed by atoms with Crippen LogP contribution in [0.25, 0.3) is 0 Å². The van der Waals surface area contributed by atoms with E-state index >= 15 is 0 Å². The van der Waals surface area contributed by atoms with Crippen molar-refractivity contribution >= 4 is 28.5 Å². The lowest BCUT2D eigenvalue weighted by Crippen LogP contribution is -2.28. The van der Waals surface area contributed by atoms with Gasteiger partial charge in [-0.2, -0.15) is 5.10 Å². The molecule has 1 aromatic rings. The summed E-state index contributed by atoms with van der Waals surface area (Å²) in [5.74, 6) is 0.0203. The fourth-order valence-corrected chi connectivity index (χ4v) is 1.68. The molecule has 0 atom stereocenters. The number of aromatic nitrogens is 2. The Labute approximate surface area is 91.0 Å². The largest absolute Gasteiger partial charge is 0.341 e. The number of carbonyl (C=O) groups excluding carboxylic acids is 1. The number of amides is 1. The van der Waals surface area contributed by atoms with E-state index in [1.807, 2.05) is 6.92 Å². The molecule has 0 bridgehead atoms. The van der Waals surface area contributed by atoms with E-state index in [4.69, 9.17) is 0 Å². The molecule has 0 saturated heterocycles. The highest BCUT2D eigenvalue weighted by Crippen LogP contribution is 2.12. The van der Waals surface area contributed by atoms with E-state index in [2.05, 4.69) is 27.7 Å². The zero-order valence-electron chi connectivity index (χ0n) is 7.91. The van der Waals surface area contributed by atoms with Crippen molar-refractivity contribution < 1.29 is 4.79 Å². The van der Waals surface area contributed by atoms with Gasteiger partial charge in [0.25, 0.3) is 5.91 Å². The molecular weight excluding hydrogens is 281 g/mol. The molecule has 1 rings (SSSR count). The molecule has 1 aromatic heterocycles. The molecule has 1 heterocycles. The summed E-state index contributed by atoms with van der Waals surface area (Å²) in [6.45, 7) is 2.65. The summed E-state index contributed by atoms with van der Waals surface area (Å²) in [5, 5.41) is 4.02. The molecule has 72 valence electrons. The van der Waals surface area contributed by atoms with Crippen molar-refractivity contribution in [3.63, 3.8) is 0 Å². The molecule has 13 heavy (non-hydrogen) atoms. The van der Waals surface area contributed by atoms with Crippen LogP contribution in [0.5, 0.6) is 0 Å². The summed E-state index contributed by atoms with van der Waals surface area (Å²) in [6, 6.07) is 0. The van der Waals surface area contributed by atoms with Crippen LogP contribution in [-0.2, 0) is 7.05 Å². The maximum atomic E-state index is 11.7. The van der Waals surface area contributed by atoms with Crippen molar-refractivity contribution in [3.05, 3.63) is 15.5 Å². The summed E-state index contributed by atoms with van der Waals surface area (Å²) in [5.41, 5.74) is 0.657. The van der Waals surface area contributed by atoms with Gasteiger partial charge in [-0.25, -0.2) is 0 Å². The Morgan fingerprint density at radius 3 is 2.77 bits per heavy atom. The summed E-state index contributed by atoms with van der Waals surface area (Å²) >= 11 is 2.12. The third kappa shape index (κ3) is 2.01. The Morgan fingerprint density at radius 2 is 2.38 bits per heavy atom. The minimum atomic E-state index is 0.0203. The van der Waals surface area contributed by atoms with Gasteiger partial charge >= 0.3 is 0 Å². The van der Waals surface area contributed by atoms with E-state index < -0.39 is 0 Å². The van der Waals surface area contributed by atoms with Crippen molar-refractivity contribution in [1.29, 1.82) is 0 Å². The third-order valence-corrected chi connectivity index (χ3v) is 2.71. The lowest BCUT2D eigenvalue weighted by atomic mass is 10.4. The standard InChI is InChI=1S/C8H12IN3O/c1-4-11(2)8(13)7-6(9)5-10-12(7)3/h5H,4H2,1-3H3. The second-order valence-corrected chi connectivity index (χ2v) is 3.95. The quantitative estimate of drug-likeness (QED) is 0.766. The van der Waals surface area contributed by atoms with Gasteiger partial charge in [-0.15, -0.1) is 0 Å². The monoisotopic (exact) mass is 293 g/mol. The number of rotatable bonds is 2. The lowest BCUT2D eigenvalue weighted by Gasteiger charge is -2.14. The van der Waals surface area contributed by atoms with Crippen molar-refractivity contribution in [1.82, 2.24) is 14.7 Å². The second kappa shape index (κ2) is 4.08. The first-order valence-electron chi connectivity index (χ1n) is 4.00. The topological polar surface area (TPSA) is 38.1 Å². The molecule has 0 N–H and O–H groups in total. The van der Waals surface area contributed by atoms with Crippen LogP contribution in [0.4, 0.5) is 0 Å². The first kappa shape index (κ1) is 10.5. The van der Waals surface area contributed by atoms with Gasteiger partial charge in [0, 0.05) is 20.6 Å². The molecule has 0 fully saturated rings. The highest BCUT2D eigenvalue weighted by molar-refractivity contribution is 14.1. The van der Waals surface area contributed by atoms with E-state index in [-0.39, 0.29) is 5.91 Å². The Bertz CT molecular complexity index is 302. The predicted octanol–water partition coefficient (Wildman–Crippen LogP) is 1.12. The molecule has 0 radical (unpaired) electrons. The average Bonchev–Trinajstić information content (AvgIpc) is 2.44. The molecule has 0 aliphatic rings. The number of nitrogens with zero attached hydrogens (tertiary/aromatic N) is 3. The number of aryl methyl sites for hydroxylation is 1. The van der Waals surface area contributed by atoms with Gasteiger partial charge in [-0.1, -0.05) is 0 Å².